The largest absolute Gasteiger partial charge is 0.492 e. The van der Waals surface area contributed by atoms with E-state index in [-0.39, 0.29) is 11.7 Å². The summed E-state index contributed by atoms with van der Waals surface area (Å²) in [5, 5.41) is 4.95. The first-order valence-electron chi connectivity index (χ1n) is 12.6. The van der Waals surface area contributed by atoms with Gasteiger partial charge in [0.05, 0.1) is 13.2 Å². The van der Waals surface area contributed by atoms with E-state index in [0.717, 1.165) is 66.2 Å². The van der Waals surface area contributed by atoms with Gasteiger partial charge in [-0.25, -0.2) is 0 Å². The minimum absolute atomic E-state index is 0.0103. The van der Waals surface area contributed by atoms with Gasteiger partial charge in [0.2, 0.25) is 0 Å². The van der Waals surface area contributed by atoms with Gasteiger partial charge in [0.1, 0.15) is 12.4 Å². The van der Waals surface area contributed by atoms with E-state index in [0.29, 0.717) is 17.7 Å². The molecule has 188 valence electrons. The molecular formula is C31H30N2O4. The van der Waals surface area contributed by atoms with Crippen LogP contribution in [0.5, 0.6) is 5.75 Å². The van der Waals surface area contributed by atoms with Crippen LogP contribution in [-0.4, -0.2) is 56.0 Å². The molecule has 1 aliphatic heterocycles. The summed E-state index contributed by atoms with van der Waals surface area (Å²) in [5.41, 5.74) is 3.69. The van der Waals surface area contributed by atoms with Gasteiger partial charge < -0.3 is 14.8 Å². The predicted molar refractivity (Wildman–Crippen MR) is 147 cm³/mol. The normalized spacial score (nSPS) is 13.9. The lowest BCUT2D eigenvalue weighted by atomic mass is 9.99. The number of nitrogens with zero attached hydrogens (tertiary/aromatic N) is 1. The zero-order valence-electron chi connectivity index (χ0n) is 20.9. The maximum Gasteiger partial charge on any atom is 0.255 e. The molecule has 4 aromatic rings. The van der Waals surface area contributed by atoms with Crippen molar-refractivity contribution in [3.05, 3.63) is 96.1 Å². The van der Waals surface area contributed by atoms with Crippen molar-refractivity contribution in [3.63, 3.8) is 0 Å². The lowest BCUT2D eigenvalue weighted by Crippen LogP contribution is -2.38. The second-order valence-corrected chi connectivity index (χ2v) is 9.13. The molecule has 4 aromatic carbocycles. The van der Waals surface area contributed by atoms with E-state index in [2.05, 4.69) is 10.2 Å². The molecule has 0 saturated carbocycles. The smallest absolute Gasteiger partial charge is 0.255 e. The molecule has 1 aliphatic rings. The van der Waals surface area contributed by atoms with Crippen LogP contribution in [0.2, 0.25) is 0 Å². The number of hydrogen-bond acceptors (Lipinski definition) is 5. The Labute approximate surface area is 216 Å². The van der Waals surface area contributed by atoms with Crippen molar-refractivity contribution in [2.45, 2.75) is 6.92 Å². The van der Waals surface area contributed by atoms with Crippen LogP contribution >= 0.6 is 0 Å². The highest BCUT2D eigenvalue weighted by atomic mass is 16.5. The van der Waals surface area contributed by atoms with Crippen LogP contribution in [-0.2, 0) is 4.74 Å². The number of ketones is 1. The van der Waals surface area contributed by atoms with Crippen LogP contribution in [0.15, 0.2) is 84.9 Å². The molecule has 5 rings (SSSR count). The van der Waals surface area contributed by atoms with Crippen molar-refractivity contribution in [1.29, 1.82) is 0 Å². The molecule has 0 aliphatic carbocycles. The summed E-state index contributed by atoms with van der Waals surface area (Å²) in [5.74, 6) is 0.612. The van der Waals surface area contributed by atoms with Crippen molar-refractivity contribution in [2.24, 2.45) is 0 Å². The Morgan fingerprint density at radius 3 is 2.24 bits per heavy atom. The van der Waals surface area contributed by atoms with Crippen LogP contribution in [0.1, 0.15) is 27.6 Å². The van der Waals surface area contributed by atoms with Crippen molar-refractivity contribution in [1.82, 2.24) is 4.90 Å². The summed E-state index contributed by atoms with van der Waals surface area (Å²) in [6.07, 6.45) is 0. The highest BCUT2D eigenvalue weighted by Gasteiger charge is 2.14. The number of carbonyl (C=O) groups excluding carboxylic acids is 2. The third-order valence-corrected chi connectivity index (χ3v) is 6.63. The van der Waals surface area contributed by atoms with E-state index >= 15 is 0 Å². The van der Waals surface area contributed by atoms with Gasteiger partial charge in [-0.05, 0) is 48.4 Å². The summed E-state index contributed by atoms with van der Waals surface area (Å²) in [4.78, 5) is 27.4. The Kier molecular flexibility index (Phi) is 7.59. The fourth-order valence-corrected chi connectivity index (χ4v) is 4.57. The summed E-state index contributed by atoms with van der Waals surface area (Å²) in [6.45, 7) is 6.38. The summed E-state index contributed by atoms with van der Waals surface area (Å²) < 4.78 is 11.6. The number of Topliss-reactive ketones (excluding diaryl/α,β-unsaturated/α-hetero) is 1. The maximum atomic E-state index is 13.2. The number of nitrogens with one attached hydrogen (secondary N) is 1. The van der Waals surface area contributed by atoms with Crippen LogP contribution < -0.4 is 10.1 Å². The number of hydrogen-bond donors (Lipinski definition) is 1. The van der Waals surface area contributed by atoms with Gasteiger partial charge in [0.15, 0.2) is 5.78 Å². The van der Waals surface area contributed by atoms with Gasteiger partial charge in [0, 0.05) is 47.2 Å². The van der Waals surface area contributed by atoms with E-state index in [1.54, 1.807) is 19.1 Å². The maximum absolute atomic E-state index is 13.2. The highest BCUT2D eigenvalue weighted by Crippen LogP contribution is 2.32. The average Bonchev–Trinajstić information content (AvgIpc) is 2.95. The van der Waals surface area contributed by atoms with Crippen LogP contribution in [0.4, 0.5) is 5.69 Å². The third kappa shape index (κ3) is 5.88. The van der Waals surface area contributed by atoms with Crippen LogP contribution in [0.25, 0.3) is 21.9 Å². The fourth-order valence-electron chi connectivity index (χ4n) is 4.57. The topological polar surface area (TPSA) is 67.9 Å². The average molecular weight is 495 g/mol. The minimum atomic E-state index is -0.198. The number of benzene rings is 4. The molecular weight excluding hydrogens is 464 g/mol. The van der Waals surface area contributed by atoms with Gasteiger partial charge in [-0.1, -0.05) is 54.6 Å². The highest BCUT2D eigenvalue weighted by molar-refractivity contribution is 6.10. The molecule has 0 spiro atoms. The molecule has 1 fully saturated rings. The van der Waals surface area contributed by atoms with Gasteiger partial charge >= 0.3 is 0 Å². The number of anilines is 1. The fraction of sp³-hybridized carbons (Fsp3) is 0.226. The van der Waals surface area contributed by atoms with E-state index < -0.39 is 0 Å². The standard InChI is InChI=1S/C31H30N2O4/c1-22(34)23-6-4-7-24(20-23)25-8-5-9-26(21-25)31(35)32-29-12-13-30(28-11-3-2-10-27(28)29)37-19-16-33-14-17-36-18-15-33/h2-13,20-21H,14-19H2,1H3,(H,32,35). The summed E-state index contributed by atoms with van der Waals surface area (Å²) in [7, 11) is 0. The summed E-state index contributed by atoms with van der Waals surface area (Å²) in [6, 6.07) is 26.6. The quantitative estimate of drug-likeness (QED) is 0.320. The first kappa shape index (κ1) is 24.7. The number of rotatable bonds is 8. The first-order chi connectivity index (χ1) is 18.1. The van der Waals surface area contributed by atoms with Gasteiger partial charge in [-0.2, -0.15) is 0 Å². The van der Waals surface area contributed by atoms with Crippen molar-refractivity contribution < 1.29 is 19.1 Å². The second-order valence-electron chi connectivity index (χ2n) is 9.13. The zero-order chi connectivity index (χ0) is 25.6. The third-order valence-electron chi connectivity index (χ3n) is 6.63. The molecule has 0 atom stereocenters. The number of morpholine rings is 1. The van der Waals surface area contributed by atoms with Gasteiger partial charge in [0.25, 0.3) is 5.91 Å². The Morgan fingerprint density at radius 1 is 0.838 bits per heavy atom. The van der Waals surface area contributed by atoms with Crippen LogP contribution in [0, 0.1) is 0 Å². The van der Waals surface area contributed by atoms with E-state index in [4.69, 9.17) is 9.47 Å². The van der Waals surface area contributed by atoms with Gasteiger partial charge in [-0.15, -0.1) is 0 Å². The molecule has 0 radical (unpaired) electrons. The first-order valence-corrected chi connectivity index (χ1v) is 12.6. The van der Waals surface area contributed by atoms with E-state index in [1.807, 2.05) is 72.8 Å². The predicted octanol–water partition coefficient (Wildman–Crippen LogP) is 5.67. The van der Waals surface area contributed by atoms with Crippen molar-refractivity contribution in [2.75, 3.05) is 44.8 Å². The number of carbonyl (C=O) groups is 2. The molecule has 1 N–H and O–H groups in total. The van der Waals surface area contributed by atoms with Gasteiger partial charge in [-0.3, -0.25) is 14.5 Å². The number of ether oxygens (including phenoxy) is 2. The van der Waals surface area contributed by atoms with Crippen LogP contribution in [0.3, 0.4) is 0 Å². The lowest BCUT2D eigenvalue weighted by Gasteiger charge is -2.26. The SMILES string of the molecule is CC(=O)c1cccc(-c2cccc(C(=O)Nc3ccc(OCCN4CCOCC4)c4ccccc34)c2)c1. The molecule has 0 bridgehead atoms. The molecule has 37 heavy (non-hydrogen) atoms. The molecule has 6 nitrogen and oxygen atoms in total. The molecule has 1 amide bonds. The zero-order valence-corrected chi connectivity index (χ0v) is 20.9. The minimum Gasteiger partial charge on any atom is -0.492 e. The number of amides is 1. The summed E-state index contributed by atoms with van der Waals surface area (Å²) >= 11 is 0. The lowest BCUT2D eigenvalue weighted by molar-refractivity contribution is 0.0323. The van der Waals surface area contributed by atoms with Crippen molar-refractivity contribution >= 4 is 28.2 Å². The Balaban J connectivity index is 1.33. The Morgan fingerprint density at radius 2 is 1.51 bits per heavy atom. The second kappa shape index (κ2) is 11.4. The Bertz CT molecular complexity index is 1430. The van der Waals surface area contributed by atoms with E-state index in [9.17, 15) is 9.59 Å². The molecule has 1 heterocycles. The van der Waals surface area contributed by atoms with E-state index in [1.165, 1.54) is 0 Å². The number of fused-ring (bicyclic) bond motifs is 1. The molecule has 0 unspecified atom stereocenters. The monoisotopic (exact) mass is 494 g/mol. The Hall–Kier alpha value is -4.00. The van der Waals surface area contributed by atoms with Crippen molar-refractivity contribution in [3.8, 4) is 16.9 Å². The molecule has 6 heteroatoms. The molecule has 0 aromatic heterocycles. The molecule has 1 saturated heterocycles.